The Hall–Kier alpha value is -1.17. The first-order valence-electron chi connectivity index (χ1n) is 9.43. The minimum Gasteiger partial charge on any atom is -0.368 e. The minimum absolute atomic E-state index is 0.0205. The van der Waals surface area contributed by atoms with Gasteiger partial charge in [0, 0.05) is 10.4 Å². The van der Waals surface area contributed by atoms with E-state index in [1.807, 2.05) is 12.1 Å². The Morgan fingerprint density at radius 1 is 1.15 bits per heavy atom. The first kappa shape index (κ1) is 18.2. The Bertz CT molecular complexity index is 750. The molecule has 140 valence electrons. The number of fused-ring (bicyclic) bond motifs is 2. The van der Waals surface area contributed by atoms with Crippen LogP contribution in [0.1, 0.15) is 31.7 Å². The maximum absolute atomic E-state index is 6.33. The van der Waals surface area contributed by atoms with Crippen LogP contribution in [0.3, 0.4) is 0 Å². The van der Waals surface area contributed by atoms with Crippen LogP contribution in [0.4, 0.5) is 0 Å². The van der Waals surface area contributed by atoms with Crippen molar-refractivity contribution in [2.75, 3.05) is 13.2 Å². The van der Waals surface area contributed by atoms with E-state index < -0.39 is 0 Å². The Kier molecular flexibility index (Phi) is 5.77. The molecule has 0 spiro atoms. The summed E-state index contributed by atoms with van der Waals surface area (Å²) in [6.07, 6.45) is 2.67. The molecule has 2 aromatic rings. The van der Waals surface area contributed by atoms with Crippen molar-refractivity contribution in [2.24, 2.45) is 0 Å². The van der Waals surface area contributed by atoms with E-state index in [1.54, 1.807) is 0 Å². The van der Waals surface area contributed by atoms with Crippen molar-refractivity contribution in [3.05, 3.63) is 47.0 Å². The lowest BCUT2D eigenvalue weighted by atomic mass is 10.0. The molecule has 26 heavy (non-hydrogen) atoms. The summed E-state index contributed by atoms with van der Waals surface area (Å²) in [6.45, 7) is 3.86. The van der Waals surface area contributed by atoms with Gasteiger partial charge in [-0.1, -0.05) is 55.6 Å². The van der Waals surface area contributed by atoms with Gasteiger partial charge in [0.05, 0.1) is 25.9 Å². The molecule has 4 atom stereocenters. The maximum atomic E-state index is 6.33. The highest BCUT2D eigenvalue weighted by atomic mass is 35.5. The van der Waals surface area contributed by atoms with Crippen LogP contribution in [0.5, 0.6) is 0 Å². The minimum atomic E-state index is -0.304. The summed E-state index contributed by atoms with van der Waals surface area (Å²) < 4.78 is 24.0. The van der Waals surface area contributed by atoms with Gasteiger partial charge in [0.1, 0.15) is 12.2 Å². The van der Waals surface area contributed by atoms with Gasteiger partial charge in [-0.2, -0.15) is 0 Å². The molecule has 2 aliphatic heterocycles. The molecule has 5 heteroatoms. The van der Waals surface area contributed by atoms with Crippen LogP contribution in [0.25, 0.3) is 10.8 Å². The summed E-state index contributed by atoms with van der Waals surface area (Å²) >= 11 is 6.33. The number of benzene rings is 2. The molecule has 0 aromatic heterocycles. The summed E-state index contributed by atoms with van der Waals surface area (Å²) in [5, 5.41) is 2.95. The van der Waals surface area contributed by atoms with E-state index in [0.717, 1.165) is 40.6 Å². The summed E-state index contributed by atoms with van der Waals surface area (Å²) in [6, 6.07) is 12.2. The van der Waals surface area contributed by atoms with Crippen molar-refractivity contribution in [1.82, 2.24) is 0 Å². The van der Waals surface area contributed by atoms with Crippen molar-refractivity contribution >= 4 is 22.4 Å². The number of halogens is 1. The molecule has 2 heterocycles. The zero-order valence-electron chi connectivity index (χ0n) is 15.0. The molecule has 2 aliphatic rings. The lowest BCUT2D eigenvalue weighted by Gasteiger charge is -2.28. The second-order valence-electron chi connectivity index (χ2n) is 6.96. The second kappa shape index (κ2) is 8.24. The molecule has 2 fully saturated rings. The first-order chi connectivity index (χ1) is 12.8. The Morgan fingerprint density at radius 3 is 2.92 bits per heavy atom. The van der Waals surface area contributed by atoms with E-state index in [2.05, 4.69) is 31.2 Å². The largest absolute Gasteiger partial charge is 0.368 e. The molecular weight excluding hydrogens is 352 g/mol. The molecule has 0 aliphatic carbocycles. The zero-order chi connectivity index (χ0) is 17.9. The summed E-state index contributed by atoms with van der Waals surface area (Å²) in [5.41, 5.74) is 1.10. The first-order valence-corrected chi connectivity index (χ1v) is 9.81. The third-order valence-corrected chi connectivity index (χ3v) is 5.45. The van der Waals surface area contributed by atoms with Gasteiger partial charge < -0.3 is 18.9 Å². The Morgan fingerprint density at radius 2 is 2.04 bits per heavy atom. The SMILES string of the molecule is CCCC[C@H]1O[C@@H]2OCCO[C@@H]2[C@H]1OCc1ccc2cccc(Cl)c2c1. The van der Waals surface area contributed by atoms with Gasteiger partial charge in [-0.15, -0.1) is 0 Å². The van der Waals surface area contributed by atoms with Crippen LogP contribution < -0.4 is 0 Å². The van der Waals surface area contributed by atoms with Crippen molar-refractivity contribution in [1.29, 1.82) is 0 Å². The molecule has 0 N–H and O–H groups in total. The lowest BCUT2D eigenvalue weighted by molar-refractivity contribution is -0.222. The number of unbranched alkanes of at least 4 members (excludes halogenated alkanes) is 1. The fourth-order valence-electron chi connectivity index (χ4n) is 3.75. The predicted molar refractivity (Wildman–Crippen MR) is 101 cm³/mol. The standard InChI is InChI=1S/C21H25ClO4/c1-2-3-7-18-19(20-21(26-18)24-11-10-23-20)25-13-14-8-9-15-5-4-6-17(22)16(15)12-14/h4-6,8-9,12,18-21H,2-3,7,10-11,13H2,1H3/t18-,19+,20-,21+/m1/s1. The third kappa shape index (κ3) is 3.75. The van der Waals surface area contributed by atoms with Crippen LogP contribution in [-0.4, -0.2) is 37.8 Å². The van der Waals surface area contributed by atoms with Gasteiger partial charge in [-0.25, -0.2) is 0 Å². The van der Waals surface area contributed by atoms with E-state index in [4.69, 9.17) is 30.5 Å². The van der Waals surface area contributed by atoms with E-state index in [0.29, 0.717) is 19.8 Å². The predicted octanol–water partition coefficient (Wildman–Crippen LogP) is 4.71. The summed E-state index contributed by atoms with van der Waals surface area (Å²) in [4.78, 5) is 0. The quantitative estimate of drug-likeness (QED) is 0.731. The normalized spacial score (nSPS) is 28.4. The van der Waals surface area contributed by atoms with Crippen LogP contribution in [-0.2, 0) is 25.6 Å². The van der Waals surface area contributed by atoms with E-state index in [9.17, 15) is 0 Å². The van der Waals surface area contributed by atoms with Gasteiger partial charge in [0.15, 0.2) is 6.29 Å². The molecular formula is C21H25ClO4. The van der Waals surface area contributed by atoms with Crippen LogP contribution in [0.15, 0.2) is 36.4 Å². The monoisotopic (exact) mass is 376 g/mol. The van der Waals surface area contributed by atoms with Gasteiger partial charge >= 0.3 is 0 Å². The van der Waals surface area contributed by atoms with Gasteiger partial charge in [0.2, 0.25) is 0 Å². The smallest absolute Gasteiger partial charge is 0.186 e. The number of hydrogen-bond donors (Lipinski definition) is 0. The van der Waals surface area contributed by atoms with Crippen molar-refractivity contribution in [3.8, 4) is 0 Å². The fourth-order valence-corrected chi connectivity index (χ4v) is 3.99. The molecule has 0 saturated carbocycles. The topological polar surface area (TPSA) is 36.9 Å². The average Bonchev–Trinajstić information content (AvgIpc) is 3.02. The molecule has 2 saturated heterocycles. The van der Waals surface area contributed by atoms with Crippen molar-refractivity contribution in [2.45, 2.75) is 57.4 Å². The van der Waals surface area contributed by atoms with Crippen LogP contribution in [0.2, 0.25) is 5.02 Å². The van der Waals surface area contributed by atoms with E-state index in [-0.39, 0.29) is 24.6 Å². The number of ether oxygens (including phenoxy) is 4. The van der Waals surface area contributed by atoms with Crippen LogP contribution >= 0.6 is 11.6 Å². The maximum Gasteiger partial charge on any atom is 0.186 e. The fraction of sp³-hybridized carbons (Fsp3) is 0.524. The zero-order valence-corrected chi connectivity index (χ0v) is 15.8. The third-order valence-electron chi connectivity index (χ3n) is 5.12. The summed E-state index contributed by atoms with van der Waals surface area (Å²) in [5.74, 6) is 0. The Balaban J connectivity index is 1.48. The highest BCUT2D eigenvalue weighted by Crippen LogP contribution is 2.33. The second-order valence-corrected chi connectivity index (χ2v) is 7.37. The molecule has 0 radical (unpaired) electrons. The molecule has 4 nitrogen and oxygen atoms in total. The lowest BCUT2D eigenvalue weighted by Crippen LogP contribution is -2.42. The van der Waals surface area contributed by atoms with Crippen molar-refractivity contribution < 1.29 is 18.9 Å². The molecule has 0 unspecified atom stereocenters. The van der Waals surface area contributed by atoms with Gasteiger partial charge in [-0.05, 0) is 29.5 Å². The van der Waals surface area contributed by atoms with Crippen LogP contribution in [0, 0.1) is 0 Å². The van der Waals surface area contributed by atoms with Crippen molar-refractivity contribution in [3.63, 3.8) is 0 Å². The van der Waals surface area contributed by atoms with E-state index in [1.165, 1.54) is 0 Å². The van der Waals surface area contributed by atoms with E-state index >= 15 is 0 Å². The molecule has 0 bridgehead atoms. The molecule has 2 aromatic carbocycles. The average molecular weight is 377 g/mol. The summed E-state index contributed by atoms with van der Waals surface area (Å²) in [7, 11) is 0. The Labute approximate surface area is 159 Å². The highest BCUT2D eigenvalue weighted by Gasteiger charge is 2.48. The highest BCUT2D eigenvalue weighted by molar-refractivity contribution is 6.35. The van der Waals surface area contributed by atoms with Gasteiger partial charge in [0.25, 0.3) is 0 Å². The van der Waals surface area contributed by atoms with Gasteiger partial charge in [-0.3, -0.25) is 0 Å². The molecule has 0 amide bonds. The molecule has 4 rings (SSSR count). The number of rotatable bonds is 6. The number of hydrogen-bond acceptors (Lipinski definition) is 4.